The highest BCUT2D eigenvalue weighted by Gasteiger charge is 2.40. The summed E-state index contributed by atoms with van der Waals surface area (Å²) in [4.78, 5) is 2.48. The molecule has 0 bridgehead atoms. The Hall–Kier alpha value is -0.120. The van der Waals surface area contributed by atoms with Crippen molar-refractivity contribution in [1.29, 1.82) is 0 Å². The predicted molar refractivity (Wildman–Crippen MR) is 70.8 cm³/mol. The van der Waals surface area contributed by atoms with Crippen LogP contribution >= 0.6 is 0 Å². The Labute approximate surface area is 105 Å². The lowest BCUT2D eigenvalue weighted by molar-refractivity contribution is 0.0720. The molecule has 0 radical (unpaired) electrons. The van der Waals surface area contributed by atoms with E-state index in [1.807, 2.05) is 0 Å². The normalized spacial score (nSPS) is 38.5. The fraction of sp³-hybridized carbons (Fsp3) is 1.00. The molecule has 2 rings (SSSR count). The number of aliphatic hydroxyl groups is 1. The number of hydrogen-bond acceptors (Lipinski definition) is 3. The third-order valence-electron chi connectivity index (χ3n) is 5.00. The van der Waals surface area contributed by atoms with Crippen LogP contribution in [0.3, 0.4) is 0 Å². The molecule has 3 unspecified atom stereocenters. The lowest BCUT2D eigenvalue weighted by Crippen LogP contribution is -2.48. The van der Waals surface area contributed by atoms with Gasteiger partial charge in [-0.05, 0) is 43.6 Å². The van der Waals surface area contributed by atoms with Gasteiger partial charge in [-0.1, -0.05) is 20.3 Å². The molecule has 1 aliphatic carbocycles. The molecule has 0 aromatic heterocycles. The zero-order chi connectivity index (χ0) is 12.5. The smallest absolute Gasteiger partial charge is 0.0586 e. The molecule has 1 saturated carbocycles. The summed E-state index contributed by atoms with van der Waals surface area (Å²) >= 11 is 0. The van der Waals surface area contributed by atoms with Crippen molar-refractivity contribution in [2.24, 2.45) is 17.1 Å². The van der Waals surface area contributed by atoms with Crippen LogP contribution in [0.25, 0.3) is 0 Å². The minimum Gasteiger partial charge on any atom is -0.395 e. The van der Waals surface area contributed by atoms with Crippen molar-refractivity contribution in [3.63, 3.8) is 0 Å². The van der Waals surface area contributed by atoms with Gasteiger partial charge in [0.25, 0.3) is 0 Å². The van der Waals surface area contributed by atoms with Gasteiger partial charge in [0.15, 0.2) is 0 Å². The quantitative estimate of drug-likeness (QED) is 0.788. The Balaban J connectivity index is 1.92. The Morgan fingerprint density at radius 1 is 1.29 bits per heavy atom. The van der Waals surface area contributed by atoms with Gasteiger partial charge in [0, 0.05) is 18.6 Å². The van der Waals surface area contributed by atoms with Gasteiger partial charge in [0.1, 0.15) is 0 Å². The number of nitrogens with zero attached hydrogens (tertiary/aromatic N) is 1. The molecule has 3 atom stereocenters. The fourth-order valence-corrected chi connectivity index (χ4v) is 3.55. The molecule has 2 fully saturated rings. The van der Waals surface area contributed by atoms with E-state index in [0.29, 0.717) is 30.0 Å². The second kappa shape index (κ2) is 5.25. The highest BCUT2D eigenvalue weighted by Crippen LogP contribution is 2.40. The lowest BCUT2D eigenvalue weighted by atomic mass is 9.85. The van der Waals surface area contributed by atoms with Crippen molar-refractivity contribution in [3.8, 4) is 0 Å². The van der Waals surface area contributed by atoms with Crippen molar-refractivity contribution in [1.82, 2.24) is 4.90 Å². The number of likely N-dealkylation sites (tertiary alicyclic amines) is 1. The van der Waals surface area contributed by atoms with Crippen LogP contribution in [0.1, 0.15) is 46.0 Å². The first-order valence-corrected chi connectivity index (χ1v) is 7.15. The molecule has 1 aliphatic heterocycles. The maximum atomic E-state index is 9.43. The summed E-state index contributed by atoms with van der Waals surface area (Å²) in [5.74, 6) is 0.622. The standard InChI is InChI=1S/C14H28N2O/c1-14(2)7-6-11(13(14)15)9-16-8-4-3-5-12(16)10-17/h11-13,17H,3-10,15H2,1-2H3. The molecule has 3 nitrogen and oxygen atoms in total. The third kappa shape index (κ3) is 2.83. The Kier molecular flexibility index (Phi) is 4.11. The Morgan fingerprint density at radius 3 is 2.65 bits per heavy atom. The summed E-state index contributed by atoms with van der Waals surface area (Å²) in [5.41, 5.74) is 6.67. The van der Waals surface area contributed by atoms with Crippen LogP contribution in [0.2, 0.25) is 0 Å². The molecule has 0 amide bonds. The SMILES string of the molecule is CC1(C)CCC(CN2CCCCC2CO)C1N. The first-order chi connectivity index (χ1) is 8.04. The van der Waals surface area contributed by atoms with E-state index < -0.39 is 0 Å². The van der Waals surface area contributed by atoms with Gasteiger partial charge >= 0.3 is 0 Å². The second-order valence-electron chi connectivity index (χ2n) is 6.64. The van der Waals surface area contributed by atoms with E-state index in [9.17, 15) is 5.11 Å². The van der Waals surface area contributed by atoms with Crippen LogP contribution in [0, 0.1) is 11.3 Å². The maximum absolute atomic E-state index is 9.43. The van der Waals surface area contributed by atoms with E-state index in [1.165, 1.54) is 25.7 Å². The van der Waals surface area contributed by atoms with E-state index in [2.05, 4.69) is 18.7 Å². The van der Waals surface area contributed by atoms with Crippen LogP contribution in [0.4, 0.5) is 0 Å². The highest BCUT2D eigenvalue weighted by atomic mass is 16.3. The topological polar surface area (TPSA) is 49.5 Å². The van der Waals surface area contributed by atoms with Crippen LogP contribution in [-0.2, 0) is 0 Å². The van der Waals surface area contributed by atoms with Gasteiger partial charge in [-0.25, -0.2) is 0 Å². The summed E-state index contributed by atoms with van der Waals surface area (Å²) in [6, 6.07) is 0.712. The number of piperidine rings is 1. The summed E-state index contributed by atoms with van der Waals surface area (Å²) in [5, 5.41) is 9.43. The molecule has 17 heavy (non-hydrogen) atoms. The van der Waals surface area contributed by atoms with E-state index in [4.69, 9.17) is 5.73 Å². The zero-order valence-corrected chi connectivity index (χ0v) is 11.4. The molecule has 0 aromatic carbocycles. The molecule has 3 heteroatoms. The first kappa shape index (κ1) is 13.3. The lowest BCUT2D eigenvalue weighted by Gasteiger charge is -2.38. The number of aliphatic hydroxyl groups excluding tert-OH is 1. The van der Waals surface area contributed by atoms with Gasteiger partial charge in [-0.2, -0.15) is 0 Å². The summed E-state index contributed by atoms with van der Waals surface area (Å²) in [6.07, 6.45) is 6.20. The largest absolute Gasteiger partial charge is 0.395 e. The van der Waals surface area contributed by atoms with Gasteiger partial charge in [-0.15, -0.1) is 0 Å². The summed E-state index contributed by atoms with van der Waals surface area (Å²) in [6.45, 7) is 7.13. The molecule has 1 saturated heterocycles. The van der Waals surface area contributed by atoms with Crippen LogP contribution in [0.5, 0.6) is 0 Å². The molecule has 100 valence electrons. The van der Waals surface area contributed by atoms with Crippen molar-refractivity contribution in [2.45, 2.75) is 58.0 Å². The molecule has 0 spiro atoms. The average Bonchev–Trinajstić information content (AvgIpc) is 2.57. The van der Waals surface area contributed by atoms with Crippen molar-refractivity contribution in [2.75, 3.05) is 19.7 Å². The zero-order valence-electron chi connectivity index (χ0n) is 11.4. The molecule has 2 aliphatic rings. The predicted octanol–water partition coefficient (Wildman–Crippen LogP) is 1.60. The van der Waals surface area contributed by atoms with Crippen molar-refractivity contribution < 1.29 is 5.11 Å². The maximum Gasteiger partial charge on any atom is 0.0586 e. The van der Waals surface area contributed by atoms with E-state index >= 15 is 0 Å². The highest BCUT2D eigenvalue weighted by molar-refractivity contribution is 4.96. The minimum atomic E-state index is 0.301. The molecule has 1 heterocycles. The Bertz CT molecular complexity index is 255. The average molecular weight is 240 g/mol. The van der Waals surface area contributed by atoms with Gasteiger partial charge in [0.05, 0.1) is 6.61 Å². The van der Waals surface area contributed by atoms with E-state index in [0.717, 1.165) is 19.5 Å². The second-order valence-corrected chi connectivity index (χ2v) is 6.64. The van der Waals surface area contributed by atoms with Gasteiger partial charge < -0.3 is 10.8 Å². The molecule has 0 aromatic rings. The third-order valence-corrected chi connectivity index (χ3v) is 5.00. The monoisotopic (exact) mass is 240 g/mol. The van der Waals surface area contributed by atoms with E-state index in [-0.39, 0.29) is 0 Å². The summed E-state index contributed by atoms with van der Waals surface area (Å²) in [7, 11) is 0. The Morgan fingerprint density at radius 2 is 2.06 bits per heavy atom. The van der Waals surface area contributed by atoms with E-state index in [1.54, 1.807) is 0 Å². The van der Waals surface area contributed by atoms with Crippen LogP contribution < -0.4 is 5.73 Å². The number of nitrogens with two attached hydrogens (primary N) is 1. The van der Waals surface area contributed by atoms with Crippen molar-refractivity contribution in [3.05, 3.63) is 0 Å². The fourth-order valence-electron chi connectivity index (χ4n) is 3.55. The molecular formula is C14H28N2O. The molecule has 3 N–H and O–H groups in total. The number of hydrogen-bond donors (Lipinski definition) is 2. The molecular weight excluding hydrogens is 212 g/mol. The first-order valence-electron chi connectivity index (χ1n) is 7.15. The minimum absolute atomic E-state index is 0.301. The van der Waals surface area contributed by atoms with Gasteiger partial charge in [-0.3, -0.25) is 4.90 Å². The number of rotatable bonds is 3. The summed E-state index contributed by atoms with van der Waals surface area (Å²) < 4.78 is 0. The van der Waals surface area contributed by atoms with Crippen LogP contribution in [-0.4, -0.2) is 41.8 Å². The van der Waals surface area contributed by atoms with Crippen LogP contribution in [0.15, 0.2) is 0 Å². The van der Waals surface area contributed by atoms with Gasteiger partial charge in [0.2, 0.25) is 0 Å². The van der Waals surface area contributed by atoms with Crippen molar-refractivity contribution >= 4 is 0 Å².